The van der Waals surface area contributed by atoms with E-state index < -0.39 is 0 Å². The Morgan fingerprint density at radius 1 is 1.32 bits per heavy atom. The highest BCUT2D eigenvalue weighted by Crippen LogP contribution is 2.30. The third kappa shape index (κ3) is 3.69. The molecule has 0 aromatic carbocycles. The fourth-order valence-corrected chi connectivity index (χ4v) is 4.07. The van der Waals surface area contributed by atoms with Crippen molar-refractivity contribution in [2.75, 3.05) is 18.0 Å². The maximum absolute atomic E-state index is 5.81. The second-order valence-electron chi connectivity index (χ2n) is 5.50. The Kier molecular flexibility index (Phi) is 5.64. The molecule has 1 unspecified atom stereocenters. The second-order valence-corrected chi connectivity index (χ2v) is 6.56. The third-order valence-electron chi connectivity index (χ3n) is 4.10. The molecule has 108 valence electrons. The van der Waals surface area contributed by atoms with E-state index in [4.69, 9.17) is 10.7 Å². The molecule has 2 rings (SSSR count). The lowest BCUT2D eigenvalue weighted by atomic mass is 9.96. The molecule has 1 fully saturated rings. The van der Waals surface area contributed by atoms with Crippen LogP contribution in [0, 0.1) is 5.92 Å². The van der Waals surface area contributed by atoms with E-state index in [2.05, 4.69) is 18.7 Å². The monoisotopic (exact) mass is 281 g/mol. The Hall–Kier alpha value is -0.610. The first-order valence-electron chi connectivity index (χ1n) is 7.72. The van der Waals surface area contributed by atoms with Crippen molar-refractivity contribution in [2.24, 2.45) is 11.7 Å². The molecule has 2 N–H and O–H groups in total. The smallest absolute Gasteiger partial charge is 0.185 e. The van der Waals surface area contributed by atoms with Crippen molar-refractivity contribution in [1.82, 2.24) is 4.98 Å². The molecule has 1 aromatic heterocycles. The zero-order valence-electron chi connectivity index (χ0n) is 12.3. The summed E-state index contributed by atoms with van der Waals surface area (Å²) in [5.74, 6) is 0.926. The van der Waals surface area contributed by atoms with Crippen LogP contribution in [-0.2, 0) is 13.0 Å². The normalized spacial score (nSPS) is 20.6. The fraction of sp³-hybridized carbons (Fsp3) is 0.800. The molecule has 1 aliphatic heterocycles. The van der Waals surface area contributed by atoms with Gasteiger partial charge >= 0.3 is 0 Å². The highest BCUT2D eigenvalue weighted by Gasteiger charge is 2.20. The largest absolute Gasteiger partial charge is 0.348 e. The molecule has 0 radical (unpaired) electrons. The SMILES string of the molecule is CCCC1CCCN(c2nc(CC)c(CN)s2)CC1. The van der Waals surface area contributed by atoms with Crippen LogP contribution in [0.3, 0.4) is 0 Å². The van der Waals surface area contributed by atoms with Gasteiger partial charge in [0.1, 0.15) is 0 Å². The van der Waals surface area contributed by atoms with Gasteiger partial charge in [-0.2, -0.15) is 0 Å². The lowest BCUT2D eigenvalue weighted by Gasteiger charge is -2.19. The number of nitrogens with zero attached hydrogens (tertiary/aromatic N) is 2. The average molecular weight is 281 g/mol. The molecule has 0 saturated carbocycles. The summed E-state index contributed by atoms with van der Waals surface area (Å²) in [6, 6.07) is 0. The lowest BCUT2D eigenvalue weighted by Crippen LogP contribution is -2.24. The van der Waals surface area contributed by atoms with E-state index in [1.54, 1.807) is 11.3 Å². The van der Waals surface area contributed by atoms with Crippen LogP contribution < -0.4 is 10.6 Å². The van der Waals surface area contributed by atoms with Gasteiger partial charge in [0, 0.05) is 24.5 Å². The van der Waals surface area contributed by atoms with Crippen LogP contribution in [0.25, 0.3) is 0 Å². The summed E-state index contributed by atoms with van der Waals surface area (Å²) < 4.78 is 0. The Bertz CT molecular complexity index is 367. The van der Waals surface area contributed by atoms with Crippen molar-refractivity contribution in [2.45, 2.75) is 58.9 Å². The zero-order valence-corrected chi connectivity index (χ0v) is 13.1. The van der Waals surface area contributed by atoms with Crippen molar-refractivity contribution in [3.8, 4) is 0 Å². The van der Waals surface area contributed by atoms with Gasteiger partial charge in [0.2, 0.25) is 0 Å². The highest BCUT2D eigenvalue weighted by atomic mass is 32.1. The number of thiazole rings is 1. The lowest BCUT2D eigenvalue weighted by molar-refractivity contribution is 0.435. The molecule has 0 amide bonds. The fourth-order valence-electron chi connectivity index (χ4n) is 2.99. The van der Waals surface area contributed by atoms with Crippen molar-refractivity contribution < 1.29 is 0 Å². The summed E-state index contributed by atoms with van der Waals surface area (Å²) in [7, 11) is 0. The van der Waals surface area contributed by atoms with Crippen molar-refractivity contribution in [3.05, 3.63) is 10.6 Å². The molecule has 0 aliphatic carbocycles. The number of aromatic nitrogens is 1. The van der Waals surface area contributed by atoms with Gasteiger partial charge in [-0.1, -0.05) is 26.7 Å². The Balaban J connectivity index is 2.03. The van der Waals surface area contributed by atoms with E-state index in [-0.39, 0.29) is 0 Å². The molecule has 4 heteroatoms. The van der Waals surface area contributed by atoms with Crippen LogP contribution in [0.5, 0.6) is 0 Å². The van der Waals surface area contributed by atoms with Gasteiger partial charge in [-0.15, -0.1) is 11.3 Å². The molecule has 1 atom stereocenters. The topological polar surface area (TPSA) is 42.2 Å². The quantitative estimate of drug-likeness (QED) is 0.897. The summed E-state index contributed by atoms with van der Waals surface area (Å²) in [5, 5.41) is 1.20. The summed E-state index contributed by atoms with van der Waals surface area (Å²) in [6.45, 7) is 7.43. The summed E-state index contributed by atoms with van der Waals surface area (Å²) in [5.41, 5.74) is 7.02. The number of aryl methyl sites for hydroxylation is 1. The van der Waals surface area contributed by atoms with E-state index >= 15 is 0 Å². The van der Waals surface area contributed by atoms with Gasteiger partial charge in [-0.05, 0) is 31.6 Å². The van der Waals surface area contributed by atoms with Gasteiger partial charge in [0.05, 0.1) is 5.69 Å². The van der Waals surface area contributed by atoms with Crippen molar-refractivity contribution in [3.63, 3.8) is 0 Å². The Morgan fingerprint density at radius 2 is 2.16 bits per heavy atom. The first-order chi connectivity index (χ1) is 9.28. The van der Waals surface area contributed by atoms with Gasteiger partial charge in [-0.25, -0.2) is 4.98 Å². The van der Waals surface area contributed by atoms with Crippen LogP contribution >= 0.6 is 11.3 Å². The maximum atomic E-state index is 5.81. The number of anilines is 1. The number of hydrogen-bond acceptors (Lipinski definition) is 4. The van der Waals surface area contributed by atoms with Crippen molar-refractivity contribution in [1.29, 1.82) is 0 Å². The molecule has 1 aromatic rings. The van der Waals surface area contributed by atoms with E-state index in [0.29, 0.717) is 6.54 Å². The summed E-state index contributed by atoms with van der Waals surface area (Å²) in [6.07, 6.45) is 7.73. The Morgan fingerprint density at radius 3 is 2.79 bits per heavy atom. The van der Waals surface area contributed by atoms with Crippen LogP contribution in [0.1, 0.15) is 56.5 Å². The Labute approximate surface area is 121 Å². The van der Waals surface area contributed by atoms with Crippen LogP contribution in [0.4, 0.5) is 5.13 Å². The first kappa shape index (κ1) is 14.8. The van der Waals surface area contributed by atoms with Crippen molar-refractivity contribution >= 4 is 16.5 Å². The molecule has 0 bridgehead atoms. The van der Waals surface area contributed by atoms with Gasteiger partial charge in [0.15, 0.2) is 5.13 Å². The standard InChI is InChI=1S/C15H27N3S/c1-3-6-12-7-5-9-18(10-8-12)15-17-13(4-2)14(11-16)19-15/h12H,3-11,16H2,1-2H3. The van der Waals surface area contributed by atoms with Crippen LogP contribution in [0.2, 0.25) is 0 Å². The third-order valence-corrected chi connectivity index (χ3v) is 5.28. The van der Waals surface area contributed by atoms with Crippen LogP contribution in [0.15, 0.2) is 0 Å². The molecule has 3 nitrogen and oxygen atoms in total. The minimum atomic E-state index is 0.632. The molecular formula is C15H27N3S. The van der Waals surface area contributed by atoms with E-state index in [9.17, 15) is 0 Å². The zero-order chi connectivity index (χ0) is 13.7. The molecule has 0 spiro atoms. The minimum absolute atomic E-state index is 0.632. The highest BCUT2D eigenvalue weighted by molar-refractivity contribution is 7.15. The summed E-state index contributed by atoms with van der Waals surface area (Å²) in [4.78, 5) is 8.56. The van der Waals surface area contributed by atoms with E-state index in [1.807, 2.05) is 0 Å². The van der Waals surface area contributed by atoms with Crippen LogP contribution in [-0.4, -0.2) is 18.1 Å². The maximum Gasteiger partial charge on any atom is 0.185 e. The molecule has 1 saturated heterocycles. The molecule has 19 heavy (non-hydrogen) atoms. The molecule has 2 heterocycles. The van der Waals surface area contributed by atoms with E-state index in [1.165, 1.54) is 60.9 Å². The number of rotatable bonds is 5. The van der Waals surface area contributed by atoms with E-state index in [0.717, 1.165) is 12.3 Å². The molecular weight excluding hydrogens is 254 g/mol. The predicted molar refractivity (Wildman–Crippen MR) is 83.8 cm³/mol. The minimum Gasteiger partial charge on any atom is -0.348 e. The first-order valence-corrected chi connectivity index (χ1v) is 8.53. The predicted octanol–water partition coefficient (Wildman–Crippen LogP) is 3.57. The van der Waals surface area contributed by atoms with Gasteiger partial charge < -0.3 is 10.6 Å². The number of hydrogen-bond donors (Lipinski definition) is 1. The second kappa shape index (κ2) is 7.25. The van der Waals surface area contributed by atoms with Gasteiger partial charge in [-0.3, -0.25) is 0 Å². The average Bonchev–Trinajstić information content (AvgIpc) is 2.71. The summed E-state index contributed by atoms with van der Waals surface area (Å²) >= 11 is 1.80. The molecule has 1 aliphatic rings. The number of nitrogens with two attached hydrogens (primary N) is 1. The van der Waals surface area contributed by atoms with Gasteiger partial charge in [0.25, 0.3) is 0 Å².